The van der Waals surface area contributed by atoms with Crippen molar-refractivity contribution in [3.63, 3.8) is 0 Å². The van der Waals surface area contributed by atoms with E-state index in [-0.39, 0.29) is 0 Å². The molecule has 1 saturated heterocycles. The maximum Gasteiger partial charge on any atom is 0.0360 e. The van der Waals surface area contributed by atoms with Gasteiger partial charge >= 0.3 is 0 Å². The van der Waals surface area contributed by atoms with Gasteiger partial charge in [-0.15, -0.1) is 0 Å². The molecule has 4 heteroatoms. The van der Waals surface area contributed by atoms with Gasteiger partial charge in [0.2, 0.25) is 0 Å². The maximum absolute atomic E-state index is 11.3. The van der Waals surface area contributed by atoms with E-state index in [2.05, 4.69) is 17.6 Å². The number of rotatable bonds is 7. The Balaban J connectivity index is 2.10. The lowest BCUT2D eigenvalue weighted by atomic mass is 10.0. The van der Waals surface area contributed by atoms with Gasteiger partial charge < -0.3 is 10.6 Å². The molecule has 0 bridgehead atoms. The topological polar surface area (TPSA) is 41.1 Å². The predicted molar refractivity (Wildman–Crippen MR) is 75.9 cm³/mol. The molecule has 0 spiro atoms. The minimum atomic E-state index is -0.631. The van der Waals surface area contributed by atoms with Crippen molar-refractivity contribution in [2.45, 2.75) is 58.0 Å². The molecule has 17 heavy (non-hydrogen) atoms. The standard InChI is InChI=1S/C13H28N2OS/c1-3-17(16)10-9-14-12(2)11-13-7-5-4-6-8-15-13/h12-15H,3-11H2,1-2H3. The van der Waals surface area contributed by atoms with Crippen molar-refractivity contribution >= 4 is 10.8 Å². The van der Waals surface area contributed by atoms with E-state index in [1.165, 1.54) is 38.6 Å². The normalized spacial score (nSPS) is 25.2. The lowest BCUT2D eigenvalue weighted by Crippen LogP contribution is -2.38. The molecule has 1 fully saturated rings. The molecular weight excluding hydrogens is 232 g/mol. The smallest absolute Gasteiger partial charge is 0.0360 e. The van der Waals surface area contributed by atoms with E-state index >= 15 is 0 Å². The predicted octanol–water partition coefficient (Wildman–Crippen LogP) is 1.66. The van der Waals surface area contributed by atoms with Gasteiger partial charge in [-0.2, -0.15) is 0 Å². The minimum absolute atomic E-state index is 0.527. The molecule has 0 aliphatic carbocycles. The molecule has 3 nitrogen and oxygen atoms in total. The van der Waals surface area contributed by atoms with Crippen LogP contribution in [-0.4, -0.2) is 40.9 Å². The van der Waals surface area contributed by atoms with E-state index in [1.807, 2.05) is 6.92 Å². The monoisotopic (exact) mass is 260 g/mol. The van der Waals surface area contributed by atoms with Crippen LogP contribution < -0.4 is 10.6 Å². The zero-order valence-electron chi connectivity index (χ0n) is 11.3. The molecule has 0 aromatic heterocycles. The molecule has 0 aromatic carbocycles. The Hall–Kier alpha value is 0.0700. The first kappa shape index (κ1) is 15.1. The summed E-state index contributed by atoms with van der Waals surface area (Å²) < 4.78 is 11.3. The van der Waals surface area contributed by atoms with Gasteiger partial charge in [0.15, 0.2) is 0 Å². The zero-order chi connectivity index (χ0) is 12.5. The summed E-state index contributed by atoms with van der Waals surface area (Å²) in [5, 5.41) is 7.11. The van der Waals surface area contributed by atoms with Crippen LogP contribution in [0.3, 0.4) is 0 Å². The first-order valence-corrected chi connectivity index (χ1v) is 8.53. The summed E-state index contributed by atoms with van der Waals surface area (Å²) in [6.45, 7) is 6.28. The Labute approximate surface area is 109 Å². The first-order chi connectivity index (χ1) is 8.22. The molecule has 2 N–H and O–H groups in total. The molecule has 0 saturated carbocycles. The highest BCUT2D eigenvalue weighted by molar-refractivity contribution is 7.84. The SMILES string of the molecule is CCS(=O)CCNC(C)CC1CCCCCN1. The molecule has 0 aromatic rings. The van der Waals surface area contributed by atoms with Crippen LogP contribution in [0.1, 0.15) is 46.0 Å². The van der Waals surface area contributed by atoms with Crippen molar-refractivity contribution in [2.75, 3.05) is 24.6 Å². The van der Waals surface area contributed by atoms with Gasteiger partial charge in [-0.05, 0) is 32.7 Å². The van der Waals surface area contributed by atoms with Gasteiger partial charge in [-0.3, -0.25) is 4.21 Å². The van der Waals surface area contributed by atoms with E-state index in [4.69, 9.17) is 0 Å². The van der Waals surface area contributed by atoms with Crippen molar-refractivity contribution in [3.8, 4) is 0 Å². The van der Waals surface area contributed by atoms with Crippen LogP contribution in [0.15, 0.2) is 0 Å². The largest absolute Gasteiger partial charge is 0.314 e. The molecule has 3 atom stereocenters. The van der Waals surface area contributed by atoms with Crippen LogP contribution in [-0.2, 0) is 10.8 Å². The van der Waals surface area contributed by atoms with Crippen LogP contribution in [0.25, 0.3) is 0 Å². The average Bonchev–Trinajstić information content (AvgIpc) is 2.57. The molecule has 1 aliphatic heterocycles. The number of hydrogen-bond donors (Lipinski definition) is 2. The summed E-state index contributed by atoms with van der Waals surface area (Å²) in [5.74, 6) is 1.57. The lowest BCUT2D eigenvalue weighted by molar-refractivity contribution is 0.408. The summed E-state index contributed by atoms with van der Waals surface area (Å²) in [4.78, 5) is 0. The maximum atomic E-state index is 11.3. The summed E-state index contributed by atoms with van der Waals surface area (Å²) >= 11 is 0. The van der Waals surface area contributed by atoms with Crippen LogP contribution in [0, 0.1) is 0 Å². The fraction of sp³-hybridized carbons (Fsp3) is 1.00. The van der Waals surface area contributed by atoms with Crippen LogP contribution in [0.4, 0.5) is 0 Å². The Morgan fingerprint density at radius 3 is 3.00 bits per heavy atom. The van der Waals surface area contributed by atoms with Gasteiger partial charge in [0.05, 0.1) is 0 Å². The molecule has 1 aliphatic rings. The van der Waals surface area contributed by atoms with E-state index in [9.17, 15) is 4.21 Å². The lowest BCUT2D eigenvalue weighted by Gasteiger charge is -2.21. The highest BCUT2D eigenvalue weighted by Crippen LogP contribution is 2.12. The molecule has 1 rings (SSSR count). The fourth-order valence-electron chi connectivity index (χ4n) is 2.38. The number of nitrogens with one attached hydrogen (secondary N) is 2. The van der Waals surface area contributed by atoms with Crippen molar-refractivity contribution in [1.29, 1.82) is 0 Å². The van der Waals surface area contributed by atoms with E-state index < -0.39 is 10.8 Å². The second-order valence-electron chi connectivity index (χ2n) is 5.02. The summed E-state index contributed by atoms with van der Waals surface area (Å²) in [6, 6.07) is 1.20. The Kier molecular flexibility index (Phi) is 8.06. The van der Waals surface area contributed by atoms with Crippen molar-refractivity contribution < 1.29 is 4.21 Å². The second kappa shape index (κ2) is 9.06. The quantitative estimate of drug-likeness (QED) is 0.731. The van der Waals surface area contributed by atoms with Crippen LogP contribution in [0.5, 0.6) is 0 Å². The molecule has 3 unspecified atom stereocenters. The fourth-order valence-corrected chi connectivity index (χ4v) is 3.01. The highest BCUT2D eigenvalue weighted by atomic mass is 32.2. The second-order valence-corrected chi connectivity index (χ2v) is 6.89. The Bertz CT molecular complexity index is 215. The molecular formula is C13H28N2OS. The minimum Gasteiger partial charge on any atom is -0.314 e. The van der Waals surface area contributed by atoms with Gasteiger partial charge in [0, 0.05) is 40.9 Å². The third kappa shape index (κ3) is 7.17. The van der Waals surface area contributed by atoms with Crippen molar-refractivity contribution in [1.82, 2.24) is 10.6 Å². The van der Waals surface area contributed by atoms with Gasteiger partial charge in [0.1, 0.15) is 0 Å². The van der Waals surface area contributed by atoms with E-state index in [1.54, 1.807) is 0 Å². The molecule has 102 valence electrons. The average molecular weight is 260 g/mol. The summed E-state index contributed by atoms with van der Waals surface area (Å²) in [6.07, 6.45) is 6.57. The molecule has 0 amide bonds. The van der Waals surface area contributed by atoms with Gasteiger partial charge in [-0.25, -0.2) is 0 Å². The van der Waals surface area contributed by atoms with Gasteiger partial charge in [0.25, 0.3) is 0 Å². The van der Waals surface area contributed by atoms with E-state index in [0.717, 1.165) is 18.1 Å². The van der Waals surface area contributed by atoms with E-state index in [0.29, 0.717) is 12.1 Å². The first-order valence-electron chi connectivity index (χ1n) is 7.04. The van der Waals surface area contributed by atoms with Crippen molar-refractivity contribution in [3.05, 3.63) is 0 Å². The van der Waals surface area contributed by atoms with Crippen molar-refractivity contribution in [2.24, 2.45) is 0 Å². The van der Waals surface area contributed by atoms with Crippen LogP contribution in [0.2, 0.25) is 0 Å². The highest BCUT2D eigenvalue weighted by Gasteiger charge is 2.14. The summed E-state index contributed by atoms with van der Waals surface area (Å²) in [5.41, 5.74) is 0. The number of hydrogen-bond acceptors (Lipinski definition) is 3. The van der Waals surface area contributed by atoms with Gasteiger partial charge in [-0.1, -0.05) is 19.8 Å². The molecule has 1 heterocycles. The summed E-state index contributed by atoms with van der Waals surface area (Å²) in [7, 11) is -0.631. The third-order valence-electron chi connectivity index (χ3n) is 3.44. The Morgan fingerprint density at radius 1 is 1.41 bits per heavy atom. The van der Waals surface area contributed by atoms with Crippen LogP contribution >= 0.6 is 0 Å². The zero-order valence-corrected chi connectivity index (χ0v) is 12.2. The molecule has 0 radical (unpaired) electrons. The third-order valence-corrected chi connectivity index (χ3v) is 4.75. The Morgan fingerprint density at radius 2 is 2.24 bits per heavy atom.